The molecule has 0 spiro atoms. The summed E-state index contributed by atoms with van der Waals surface area (Å²) in [6.07, 6.45) is 0. The second-order valence-corrected chi connectivity index (χ2v) is 6.00. The van der Waals surface area contributed by atoms with Crippen LogP contribution in [0.15, 0.2) is 19.6 Å². The standard InChI is InChI=1S/C11H16Br2N2O/c1-7-5-15(8(2)4-14-7)6-9-3-10(12)11(13)16-9/h3,7-8,14H,4-6H2,1-2H3. The van der Waals surface area contributed by atoms with Gasteiger partial charge >= 0.3 is 0 Å². The van der Waals surface area contributed by atoms with Crippen LogP contribution in [-0.2, 0) is 6.54 Å². The fraction of sp³-hybridized carbons (Fsp3) is 0.636. The zero-order valence-electron chi connectivity index (χ0n) is 9.46. The van der Waals surface area contributed by atoms with E-state index in [2.05, 4.69) is 55.9 Å². The molecule has 1 fully saturated rings. The van der Waals surface area contributed by atoms with Gasteiger partial charge in [-0.1, -0.05) is 0 Å². The molecule has 5 heteroatoms. The summed E-state index contributed by atoms with van der Waals surface area (Å²) in [5.41, 5.74) is 0. The van der Waals surface area contributed by atoms with Gasteiger partial charge in [0, 0.05) is 25.2 Å². The SMILES string of the molecule is CC1CN(Cc2cc(Br)c(Br)o2)C(C)CN1. The van der Waals surface area contributed by atoms with Crippen molar-refractivity contribution in [2.24, 2.45) is 0 Å². The Balaban J connectivity index is 2.02. The highest BCUT2D eigenvalue weighted by atomic mass is 79.9. The number of nitrogens with zero attached hydrogens (tertiary/aromatic N) is 1. The summed E-state index contributed by atoms with van der Waals surface area (Å²) in [7, 11) is 0. The molecule has 2 atom stereocenters. The molecule has 0 amide bonds. The van der Waals surface area contributed by atoms with Gasteiger partial charge in [0.25, 0.3) is 0 Å². The molecule has 0 aromatic carbocycles. The maximum Gasteiger partial charge on any atom is 0.183 e. The minimum Gasteiger partial charge on any atom is -0.452 e. The molecule has 1 aliphatic heterocycles. The molecule has 16 heavy (non-hydrogen) atoms. The molecule has 2 heterocycles. The first kappa shape index (κ1) is 12.6. The normalized spacial score (nSPS) is 27.2. The number of halogens is 2. The third-order valence-corrected chi connectivity index (χ3v) is 4.66. The highest BCUT2D eigenvalue weighted by Crippen LogP contribution is 2.27. The summed E-state index contributed by atoms with van der Waals surface area (Å²) in [5, 5.41) is 3.47. The van der Waals surface area contributed by atoms with E-state index in [-0.39, 0.29) is 0 Å². The molecule has 0 saturated carbocycles. The van der Waals surface area contributed by atoms with Crippen LogP contribution in [0, 0.1) is 0 Å². The molecule has 1 saturated heterocycles. The summed E-state index contributed by atoms with van der Waals surface area (Å²) < 4.78 is 7.37. The van der Waals surface area contributed by atoms with Crippen molar-refractivity contribution in [1.82, 2.24) is 10.2 Å². The smallest absolute Gasteiger partial charge is 0.183 e. The molecule has 90 valence electrons. The summed E-state index contributed by atoms with van der Waals surface area (Å²) in [6, 6.07) is 3.14. The molecular formula is C11H16Br2N2O. The zero-order valence-corrected chi connectivity index (χ0v) is 12.6. The first-order valence-electron chi connectivity index (χ1n) is 5.47. The third-order valence-electron chi connectivity index (χ3n) is 2.95. The maximum absolute atomic E-state index is 5.61. The van der Waals surface area contributed by atoms with E-state index in [1.54, 1.807) is 0 Å². The average Bonchev–Trinajstić information content (AvgIpc) is 2.52. The van der Waals surface area contributed by atoms with Crippen molar-refractivity contribution in [3.8, 4) is 0 Å². The van der Waals surface area contributed by atoms with Crippen LogP contribution < -0.4 is 5.32 Å². The van der Waals surface area contributed by atoms with Gasteiger partial charge in [0.2, 0.25) is 0 Å². The quantitative estimate of drug-likeness (QED) is 0.887. The van der Waals surface area contributed by atoms with E-state index < -0.39 is 0 Å². The van der Waals surface area contributed by atoms with E-state index >= 15 is 0 Å². The fourth-order valence-electron chi connectivity index (χ4n) is 1.99. The Hall–Kier alpha value is 0.160. The number of piperazine rings is 1. The van der Waals surface area contributed by atoms with Crippen LogP contribution in [-0.4, -0.2) is 30.1 Å². The first-order valence-corrected chi connectivity index (χ1v) is 7.06. The van der Waals surface area contributed by atoms with E-state index in [1.807, 2.05) is 6.07 Å². The Morgan fingerprint density at radius 3 is 2.88 bits per heavy atom. The summed E-state index contributed by atoms with van der Waals surface area (Å²) >= 11 is 6.80. The highest BCUT2D eigenvalue weighted by molar-refractivity contribution is 9.13. The second-order valence-electron chi connectivity index (χ2n) is 4.42. The van der Waals surface area contributed by atoms with E-state index in [0.29, 0.717) is 12.1 Å². The van der Waals surface area contributed by atoms with Gasteiger partial charge in [0.1, 0.15) is 5.76 Å². The summed E-state index contributed by atoms with van der Waals surface area (Å²) in [6.45, 7) is 7.44. The second kappa shape index (κ2) is 5.21. The molecule has 2 unspecified atom stereocenters. The average molecular weight is 352 g/mol. The number of nitrogens with one attached hydrogen (secondary N) is 1. The van der Waals surface area contributed by atoms with Crippen molar-refractivity contribution < 1.29 is 4.42 Å². The fourth-order valence-corrected chi connectivity index (χ4v) is 2.65. The molecular weight excluding hydrogens is 336 g/mol. The number of rotatable bonds is 2. The van der Waals surface area contributed by atoms with Crippen molar-refractivity contribution >= 4 is 31.9 Å². The van der Waals surface area contributed by atoms with Crippen molar-refractivity contribution in [2.45, 2.75) is 32.5 Å². The molecule has 0 aliphatic carbocycles. The molecule has 1 aliphatic rings. The number of furan rings is 1. The van der Waals surface area contributed by atoms with Crippen LogP contribution in [0.3, 0.4) is 0 Å². The van der Waals surface area contributed by atoms with Crippen molar-refractivity contribution in [1.29, 1.82) is 0 Å². The number of hydrogen-bond acceptors (Lipinski definition) is 3. The van der Waals surface area contributed by atoms with Gasteiger partial charge in [-0.3, -0.25) is 4.90 Å². The van der Waals surface area contributed by atoms with Crippen molar-refractivity contribution in [3.63, 3.8) is 0 Å². The minimum absolute atomic E-state index is 0.554. The van der Waals surface area contributed by atoms with Crippen LogP contribution >= 0.6 is 31.9 Å². The van der Waals surface area contributed by atoms with Gasteiger partial charge in [-0.2, -0.15) is 0 Å². The predicted molar refractivity (Wildman–Crippen MR) is 71.4 cm³/mol. The predicted octanol–water partition coefficient (Wildman–Crippen LogP) is 2.99. The van der Waals surface area contributed by atoms with Crippen LogP contribution in [0.2, 0.25) is 0 Å². The largest absolute Gasteiger partial charge is 0.452 e. The van der Waals surface area contributed by atoms with E-state index in [9.17, 15) is 0 Å². The van der Waals surface area contributed by atoms with Crippen LogP contribution in [0.5, 0.6) is 0 Å². The van der Waals surface area contributed by atoms with Gasteiger partial charge in [0.05, 0.1) is 11.0 Å². The Labute approximate surface area is 113 Å². The zero-order chi connectivity index (χ0) is 11.7. The Kier molecular flexibility index (Phi) is 4.11. The molecule has 1 aromatic heterocycles. The van der Waals surface area contributed by atoms with Gasteiger partial charge in [-0.25, -0.2) is 0 Å². The van der Waals surface area contributed by atoms with Gasteiger partial charge in [0.15, 0.2) is 4.67 Å². The Morgan fingerprint density at radius 1 is 1.50 bits per heavy atom. The van der Waals surface area contributed by atoms with Gasteiger partial charge in [-0.15, -0.1) is 0 Å². The lowest BCUT2D eigenvalue weighted by Crippen LogP contribution is -2.53. The molecule has 0 bridgehead atoms. The summed E-state index contributed by atoms with van der Waals surface area (Å²) in [4.78, 5) is 2.44. The highest BCUT2D eigenvalue weighted by Gasteiger charge is 2.23. The van der Waals surface area contributed by atoms with Crippen LogP contribution in [0.25, 0.3) is 0 Å². The monoisotopic (exact) mass is 350 g/mol. The molecule has 1 N–H and O–H groups in total. The van der Waals surface area contributed by atoms with E-state index in [0.717, 1.165) is 34.5 Å². The number of hydrogen-bond donors (Lipinski definition) is 1. The molecule has 0 radical (unpaired) electrons. The minimum atomic E-state index is 0.554. The Bertz CT molecular complexity index is 347. The molecule has 2 rings (SSSR count). The van der Waals surface area contributed by atoms with Gasteiger partial charge in [-0.05, 0) is 51.8 Å². The van der Waals surface area contributed by atoms with Crippen LogP contribution in [0.4, 0.5) is 0 Å². The van der Waals surface area contributed by atoms with E-state index in [1.165, 1.54) is 0 Å². The lowest BCUT2D eigenvalue weighted by molar-refractivity contribution is 0.129. The first-order chi connectivity index (χ1) is 7.56. The topological polar surface area (TPSA) is 28.4 Å². The van der Waals surface area contributed by atoms with Crippen molar-refractivity contribution in [3.05, 3.63) is 21.0 Å². The lowest BCUT2D eigenvalue weighted by atomic mass is 10.1. The van der Waals surface area contributed by atoms with Crippen LogP contribution in [0.1, 0.15) is 19.6 Å². The van der Waals surface area contributed by atoms with E-state index in [4.69, 9.17) is 4.42 Å². The van der Waals surface area contributed by atoms with Crippen molar-refractivity contribution in [2.75, 3.05) is 13.1 Å². The molecule has 1 aromatic rings. The molecule has 3 nitrogen and oxygen atoms in total. The lowest BCUT2D eigenvalue weighted by Gasteiger charge is -2.36. The third kappa shape index (κ3) is 2.88. The summed E-state index contributed by atoms with van der Waals surface area (Å²) in [5.74, 6) is 1.000. The van der Waals surface area contributed by atoms with Gasteiger partial charge < -0.3 is 9.73 Å². The maximum atomic E-state index is 5.61. The Morgan fingerprint density at radius 2 is 2.25 bits per heavy atom.